The highest BCUT2D eigenvalue weighted by molar-refractivity contribution is 5.80. The van der Waals surface area contributed by atoms with Gasteiger partial charge in [-0.3, -0.25) is 4.79 Å². The first-order valence-electron chi connectivity index (χ1n) is 7.15. The topological polar surface area (TPSA) is 50.8 Å². The van der Waals surface area contributed by atoms with Crippen molar-refractivity contribution >= 4 is 5.97 Å². The Kier molecular flexibility index (Phi) is 6.75. The van der Waals surface area contributed by atoms with Crippen LogP contribution in [0.5, 0.6) is 0 Å². The van der Waals surface area contributed by atoms with Crippen LogP contribution in [0.1, 0.15) is 33.1 Å². The quantitative estimate of drug-likeness (QED) is 0.702. The molecule has 1 heterocycles. The average Bonchev–Trinajstić information content (AvgIpc) is 2.45. The third kappa shape index (κ3) is 4.75. The molecule has 1 aliphatic heterocycles. The number of hydrogen-bond acceptors (Lipinski definition) is 5. The molecule has 0 bridgehead atoms. The third-order valence-electron chi connectivity index (χ3n) is 3.78. The van der Waals surface area contributed by atoms with Crippen LogP contribution >= 0.6 is 0 Å². The normalized spacial score (nSPS) is 20.3. The Labute approximate surface area is 116 Å². The van der Waals surface area contributed by atoms with Gasteiger partial charge in [0.1, 0.15) is 5.54 Å². The van der Waals surface area contributed by atoms with Gasteiger partial charge in [0.05, 0.1) is 7.11 Å². The van der Waals surface area contributed by atoms with E-state index in [1.807, 2.05) is 6.92 Å². The van der Waals surface area contributed by atoms with Crippen molar-refractivity contribution in [3.05, 3.63) is 0 Å². The summed E-state index contributed by atoms with van der Waals surface area (Å²) in [5.74, 6) is -0.195. The van der Waals surface area contributed by atoms with Gasteiger partial charge in [-0.15, -0.1) is 0 Å². The Morgan fingerprint density at radius 2 is 2.11 bits per heavy atom. The molecule has 5 heteroatoms. The minimum Gasteiger partial charge on any atom is -0.468 e. The Morgan fingerprint density at radius 1 is 1.47 bits per heavy atom. The lowest BCUT2D eigenvalue weighted by Gasteiger charge is -2.37. The smallest absolute Gasteiger partial charge is 0.327 e. The van der Waals surface area contributed by atoms with Crippen LogP contribution < -0.4 is 5.32 Å². The van der Waals surface area contributed by atoms with E-state index in [0.29, 0.717) is 12.6 Å². The maximum absolute atomic E-state index is 12.0. The Morgan fingerprint density at radius 3 is 2.63 bits per heavy atom. The van der Waals surface area contributed by atoms with E-state index in [1.54, 1.807) is 0 Å². The van der Waals surface area contributed by atoms with Gasteiger partial charge in [0.25, 0.3) is 0 Å². The molecule has 1 rings (SSSR count). The number of methoxy groups -OCH3 is 1. The molecule has 0 spiro atoms. The van der Waals surface area contributed by atoms with Crippen molar-refractivity contribution in [2.45, 2.75) is 44.7 Å². The van der Waals surface area contributed by atoms with Crippen LogP contribution in [0.3, 0.4) is 0 Å². The third-order valence-corrected chi connectivity index (χ3v) is 3.78. The maximum Gasteiger partial charge on any atom is 0.327 e. The Hall–Kier alpha value is -0.650. The molecule has 0 aromatic heterocycles. The fourth-order valence-corrected chi connectivity index (χ4v) is 2.57. The highest BCUT2D eigenvalue weighted by Crippen LogP contribution is 2.17. The molecule has 0 aromatic rings. The molecule has 112 valence electrons. The molecule has 1 unspecified atom stereocenters. The number of carbonyl (C=O) groups is 1. The van der Waals surface area contributed by atoms with Crippen molar-refractivity contribution in [3.63, 3.8) is 0 Å². The number of ether oxygens (including phenoxy) is 2. The zero-order valence-corrected chi connectivity index (χ0v) is 12.7. The first-order chi connectivity index (χ1) is 9.03. The molecule has 1 fully saturated rings. The van der Waals surface area contributed by atoms with E-state index in [-0.39, 0.29) is 5.97 Å². The Bertz CT molecular complexity index is 280. The highest BCUT2D eigenvalue weighted by atomic mass is 16.5. The lowest BCUT2D eigenvalue weighted by molar-refractivity contribution is -0.149. The van der Waals surface area contributed by atoms with Gasteiger partial charge < -0.3 is 19.7 Å². The Balaban J connectivity index is 2.61. The summed E-state index contributed by atoms with van der Waals surface area (Å²) in [7, 11) is 3.52. The van der Waals surface area contributed by atoms with E-state index in [1.165, 1.54) is 7.11 Å². The number of esters is 1. The average molecular weight is 272 g/mol. The number of nitrogens with zero attached hydrogens (tertiary/aromatic N) is 1. The molecule has 19 heavy (non-hydrogen) atoms. The fraction of sp³-hybridized carbons (Fsp3) is 0.929. The summed E-state index contributed by atoms with van der Waals surface area (Å²) in [6, 6.07) is 0.487. The van der Waals surface area contributed by atoms with Crippen molar-refractivity contribution in [3.8, 4) is 0 Å². The largest absolute Gasteiger partial charge is 0.468 e. The minimum absolute atomic E-state index is 0.195. The summed E-state index contributed by atoms with van der Waals surface area (Å²) in [6.45, 7) is 7.10. The molecule has 0 amide bonds. The second kappa shape index (κ2) is 7.82. The van der Waals surface area contributed by atoms with Crippen molar-refractivity contribution < 1.29 is 14.3 Å². The van der Waals surface area contributed by atoms with Crippen LogP contribution in [0.25, 0.3) is 0 Å². The molecular formula is C14H28N2O3. The number of nitrogens with one attached hydrogen (secondary N) is 1. The first-order valence-corrected chi connectivity index (χ1v) is 7.15. The summed E-state index contributed by atoms with van der Waals surface area (Å²) in [4.78, 5) is 14.3. The van der Waals surface area contributed by atoms with E-state index < -0.39 is 5.54 Å². The molecule has 0 aromatic carbocycles. The van der Waals surface area contributed by atoms with Gasteiger partial charge >= 0.3 is 5.97 Å². The fourth-order valence-electron chi connectivity index (χ4n) is 2.57. The molecule has 5 nitrogen and oxygen atoms in total. The SMILES string of the molecule is CCCNC(C)(CN(C)C1CCOCC1)C(=O)OC. The monoisotopic (exact) mass is 272 g/mol. The second-order valence-corrected chi connectivity index (χ2v) is 5.51. The van der Waals surface area contributed by atoms with E-state index in [9.17, 15) is 4.79 Å². The predicted octanol–water partition coefficient (Wildman–Crippen LogP) is 1.03. The van der Waals surface area contributed by atoms with Gasteiger partial charge in [-0.25, -0.2) is 0 Å². The number of likely N-dealkylation sites (N-methyl/N-ethyl adjacent to an activating group) is 1. The maximum atomic E-state index is 12.0. The van der Waals surface area contributed by atoms with Gasteiger partial charge in [0.15, 0.2) is 0 Å². The van der Waals surface area contributed by atoms with Gasteiger partial charge in [0, 0.05) is 25.8 Å². The molecule has 0 saturated carbocycles. The van der Waals surface area contributed by atoms with Crippen LogP contribution in [0.4, 0.5) is 0 Å². The summed E-state index contributed by atoms with van der Waals surface area (Å²) < 4.78 is 10.3. The summed E-state index contributed by atoms with van der Waals surface area (Å²) in [6.07, 6.45) is 3.05. The molecular weight excluding hydrogens is 244 g/mol. The van der Waals surface area contributed by atoms with E-state index in [4.69, 9.17) is 9.47 Å². The van der Waals surface area contributed by atoms with E-state index >= 15 is 0 Å². The summed E-state index contributed by atoms with van der Waals surface area (Å²) in [5.41, 5.74) is -0.641. The molecule has 0 aliphatic carbocycles. The van der Waals surface area contributed by atoms with Crippen molar-refractivity contribution in [1.29, 1.82) is 0 Å². The molecule has 1 saturated heterocycles. The first kappa shape index (κ1) is 16.4. The molecule has 1 aliphatic rings. The highest BCUT2D eigenvalue weighted by Gasteiger charge is 2.36. The number of hydrogen-bond donors (Lipinski definition) is 1. The number of carbonyl (C=O) groups excluding carboxylic acids is 1. The summed E-state index contributed by atoms with van der Waals surface area (Å²) >= 11 is 0. The zero-order chi connectivity index (χ0) is 14.3. The standard InChI is InChI=1S/C14H28N2O3/c1-5-8-15-14(2,13(17)18-4)11-16(3)12-6-9-19-10-7-12/h12,15H,5-11H2,1-4H3. The van der Waals surface area contributed by atoms with E-state index in [2.05, 4.69) is 24.2 Å². The van der Waals surface area contributed by atoms with Gasteiger partial charge in [0.2, 0.25) is 0 Å². The second-order valence-electron chi connectivity index (χ2n) is 5.51. The lowest BCUT2D eigenvalue weighted by atomic mass is 9.99. The number of rotatable bonds is 7. The minimum atomic E-state index is -0.641. The van der Waals surface area contributed by atoms with Crippen molar-refractivity contribution in [2.24, 2.45) is 0 Å². The summed E-state index contributed by atoms with van der Waals surface area (Å²) in [5, 5.41) is 3.32. The van der Waals surface area contributed by atoms with Crippen LogP contribution in [-0.4, -0.2) is 62.9 Å². The van der Waals surface area contributed by atoms with Crippen molar-refractivity contribution in [2.75, 3.05) is 40.5 Å². The zero-order valence-electron chi connectivity index (χ0n) is 12.7. The molecule has 0 radical (unpaired) electrons. The van der Waals surface area contributed by atoms with E-state index in [0.717, 1.165) is 39.0 Å². The molecule has 1 atom stereocenters. The van der Waals surface area contributed by atoms with Crippen LogP contribution in [0, 0.1) is 0 Å². The van der Waals surface area contributed by atoms with Crippen LogP contribution in [0.15, 0.2) is 0 Å². The lowest BCUT2D eigenvalue weighted by Crippen LogP contribution is -2.58. The predicted molar refractivity (Wildman–Crippen MR) is 75.2 cm³/mol. The van der Waals surface area contributed by atoms with Gasteiger partial charge in [-0.1, -0.05) is 6.92 Å². The van der Waals surface area contributed by atoms with Crippen LogP contribution in [-0.2, 0) is 14.3 Å². The van der Waals surface area contributed by atoms with Crippen molar-refractivity contribution in [1.82, 2.24) is 10.2 Å². The van der Waals surface area contributed by atoms with Gasteiger partial charge in [-0.05, 0) is 39.8 Å². The van der Waals surface area contributed by atoms with Gasteiger partial charge in [-0.2, -0.15) is 0 Å². The molecule has 1 N–H and O–H groups in total. The van der Waals surface area contributed by atoms with Crippen LogP contribution in [0.2, 0.25) is 0 Å².